The first kappa shape index (κ1) is 16.1. The number of anilines is 1. The Bertz CT molecular complexity index is 652. The molecule has 0 aliphatic carbocycles. The van der Waals surface area contributed by atoms with Crippen LogP contribution >= 0.6 is 11.3 Å². The average Bonchev–Trinajstić information content (AvgIpc) is 2.78. The first-order valence-corrected chi connectivity index (χ1v) is 9.17. The molecule has 1 aliphatic rings. The van der Waals surface area contributed by atoms with Gasteiger partial charge in [-0.15, -0.1) is 17.9 Å². The number of nitrogens with zero attached hydrogens (tertiary/aromatic N) is 2. The van der Waals surface area contributed by atoms with Crippen LogP contribution in [0.5, 0.6) is 0 Å². The first-order valence-electron chi connectivity index (χ1n) is 6.64. The number of likely N-dealkylation sites (N-methyl/N-ethyl adjacent to an activating group) is 1. The summed E-state index contributed by atoms with van der Waals surface area (Å²) >= 11 is 1.41. The number of carbonyl (C=O) groups excluding carboxylic acids is 1. The van der Waals surface area contributed by atoms with Crippen molar-refractivity contribution in [3.63, 3.8) is 0 Å². The van der Waals surface area contributed by atoms with Crippen LogP contribution in [0, 0.1) is 0 Å². The quantitative estimate of drug-likeness (QED) is 0.817. The summed E-state index contributed by atoms with van der Waals surface area (Å²) in [6.07, 6.45) is 2.14. The number of hydrogen-bond acceptors (Lipinski definition) is 6. The normalized spacial score (nSPS) is 17.0. The van der Waals surface area contributed by atoms with Crippen molar-refractivity contribution in [2.45, 2.75) is 25.1 Å². The lowest BCUT2D eigenvalue weighted by Gasteiger charge is -2.20. The van der Waals surface area contributed by atoms with Crippen molar-refractivity contribution in [3.05, 3.63) is 23.2 Å². The van der Waals surface area contributed by atoms with Crippen LogP contribution in [0.3, 0.4) is 0 Å². The molecule has 1 amide bonds. The van der Waals surface area contributed by atoms with Gasteiger partial charge < -0.3 is 10.2 Å². The van der Waals surface area contributed by atoms with E-state index < -0.39 is 21.0 Å². The maximum Gasteiger partial charge on any atom is 0.244 e. The van der Waals surface area contributed by atoms with Crippen LogP contribution in [0.1, 0.15) is 17.5 Å². The predicted octanol–water partition coefficient (Wildman–Crippen LogP) is 1.06. The first-order chi connectivity index (χ1) is 9.83. The molecule has 2 heterocycles. The van der Waals surface area contributed by atoms with E-state index in [1.807, 2.05) is 7.05 Å². The van der Waals surface area contributed by atoms with E-state index in [1.165, 1.54) is 24.3 Å². The van der Waals surface area contributed by atoms with E-state index in [0.717, 1.165) is 30.1 Å². The molecule has 1 aromatic rings. The fourth-order valence-corrected chi connectivity index (χ4v) is 4.15. The van der Waals surface area contributed by atoms with Gasteiger partial charge in [0, 0.05) is 24.4 Å². The van der Waals surface area contributed by atoms with Crippen LogP contribution in [0.25, 0.3) is 0 Å². The summed E-state index contributed by atoms with van der Waals surface area (Å²) in [5, 5.41) is 1.98. The zero-order chi connectivity index (χ0) is 15.6. The maximum atomic E-state index is 12.0. The Morgan fingerprint density at radius 1 is 1.62 bits per heavy atom. The molecule has 0 fully saturated rings. The molecule has 6 nitrogen and oxygen atoms in total. The number of fused-ring (bicyclic) bond motifs is 1. The van der Waals surface area contributed by atoms with E-state index in [1.54, 1.807) is 0 Å². The molecule has 0 aromatic carbocycles. The second kappa shape index (κ2) is 6.25. The van der Waals surface area contributed by atoms with Gasteiger partial charge in [0.25, 0.3) is 0 Å². The van der Waals surface area contributed by atoms with E-state index in [0.29, 0.717) is 5.13 Å². The lowest BCUT2D eigenvalue weighted by atomic mass is 10.2. The molecule has 0 spiro atoms. The van der Waals surface area contributed by atoms with Gasteiger partial charge in [-0.05, 0) is 14.0 Å². The molecule has 2 rings (SSSR count). The van der Waals surface area contributed by atoms with Crippen LogP contribution in [-0.2, 0) is 27.6 Å². The van der Waals surface area contributed by atoms with Crippen molar-refractivity contribution < 1.29 is 13.2 Å². The Balaban J connectivity index is 2.08. The molecule has 1 N–H and O–H groups in total. The summed E-state index contributed by atoms with van der Waals surface area (Å²) in [6.45, 7) is 6.53. The Hall–Kier alpha value is -1.25. The minimum absolute atomic E-state index is 0.208. The van der Waals surface area contributed by atoms with Crippen LogP contribution in [0.15, 0.2) is 12.7 Å². The predicted molar refractivity (Wildman–Crippen MR) is 84.2 cm³/mol. The lowest BCUT2D eigenvalue weighted by molar-refractivity contribution is -0.115. The Morgan fingerprint density at radius 3 is 3.00 bits per heavy atom. The van der Waals surface area contributed by atoms with E-state index in [-0.39, 0.29) is 5.75 Å². The van der Waals surface area contributed by atoms with Crippen LogP contribution < -0.4 is 5.32 Å². The van der Waals surface area contributed by atoms with Gasteiger partial charge in [0.05, 0.1) is 11.4 Å². The maximum absolute atomic E-state index is 12.0. The number of sulfone groups is 1. The van der Waals surface area contributed by atoms with Crippen molar-refractivity contribution in [1.82, 2.24) is 9.88 Å². The Morgan fingerprint density at radius 2 is 2.33 bits per heavy atom. The van der Waals surface area contributed by atoms with Crippen molar-refractivity contribution in [3.8, 4) is 0 Å². The fraction of sp³-hybridized carbons (Fsp3) is 0.538. The average molecular weight is 329 g/mol. The van der Waals surface area contributed by atoms with Gasteiger partial charge in [-0.25, -0.2) is 13.4 Å². The third kappa shape index (κ3) is 3.69. The van der Waals surface area contributed by atoms with Crippen molar-refractivity contribution in [2.75, 3.05) is 24.7 Å². The van der Waals surface area contributed by atoms with Gasteiger partial charge >= 0.3 is 0 Å². The summed E-state index contributed by atoms with van der Waals surface area (Å²) in [5.74, 6) is -0.753. The van der Waals surface area contributed by atoms with Gasteiger partial charge in [0.2, 0.25) is 5.91 Å². The smallest absolute Gasteiger partial charge is 0.244 e. The number of aromatic nitrogens is 1. The molecule has 1 aliphatic heterocycles. The van der Waals surface area contributed by atoms with Crippen LogP contribution in [-0.4, -0.2) is 48.8 Å². The number of rotatable bonds is 5. The van der Waals surface area contributed by atoms with Gasteiger partial charge in [-0.1, -0.05) is 6.08 Å². The lowest BCUT2D eigenvalue weighted by Crippen LogP contribution is -2.33. The summed E-state index contributed by atoms with van der Waals surface area (Å²) < 4.78 is 23.7. The number of hydrogen-bond donors (Lipinski definition) is 1. The van der Waals surface area contributed by atoms with Crippen LogP contribution in [0.2, 0.25) is 0 Å². The number of carbonyl (C=O) groups is 1. The molecule has 0 saturated heterocycles. The third-order valence-corrected chi connectivity index (χ3v) is 6.40. The number of amides is 1. The van der Waals surface area contributed by atoms with Crippen LogP contribution in [0.4, 0.5) is 5.13 Å². The van der Waals surface area contributed by atoms with Crippen molar-refractivity contribution in [2.24, 2.45) is 0 Å². The summed E-state index contributed by atoms with van der Waals surface area (Å²) in [4.78, 5) is 19.7. The van der Waals surface area contributed by atoms with E-state index in [4.69, 9.17) is 0 Å². The molecule has 1 aromatic heterocycles. The third-order valence-electron chi connectivity index (χ3n) is 3.41. The second-order valence-electron chi connectivity index (χ2n) is 5.13. The highest BCUT2D eigenvalue weighted by Crippen LogP contribution is 2.27. The summed E-state index contributed by atoms with van der Waals surface area (Å²) in [6, 6.07) is 0. The van der Waals surface area contributed by atoms with Gasteiger partial charge in [-0.2, -0.15) is 0 Å². The molecule has 21 heavy (non-hydrogen) atoms. The minimum atomic E-state index is -3.50. The van der Waals surface area contributed by atoms with Gasteiger partial charge in [0.1, 0.15) is 5.25 Å². The number of thiazole rings is 1. The molecule has 8 heteroatoms. The zero-order valence-corrected chi connectivity index (χ0v) is 13.8. The van der Waals surface area contributed by atoms with Crippen molar-refractivity contribution in [1.29, 1.82) is 0 Å². The highest BCUT2D eigenvalue weighted by molar-refractivity contribution is 7.92. The topological polar surface area (TPSA) is 79.4 Å². The largest absolute Gasteiger partial charge is 0.301 e. The molecule has 116 valence electrons. The standard InChI is InChI=1S/C13H19N3O3S2/c1-4-7-21(18,19)9(2)12(17)15-13-14-10-5-6-16(3)8-11(10)20-13/h4,9H,1,5-8H2,2-3H3,(H,14,15,17). The van der Waals surface area contributed by atoms with E-state index >= 15 is 0 Å². The number of nitrogens with one attached hydrogen (secondary N) is 1. The van der Waals surface area contributed by atoms with E-state index in [9.17, 15) is 13.2 Å². The Kier molecular flexibility index (Phi) is 4.80. The molecule has 0 bridgehead atoms. The molecular formula is C13H19N3O3S2. The summed E-state index contributed by atoms with van der Waals surface area (Å²) in [7, 11) is -1.47. The van der Waals surface area contributed by atoms with Gasteiger partial charge in [0.15, 0.2) is 15.0 Å². The highest BCUT2D eigenvalue weighted by Gasteiger charge is 2.28. The zero-order valence-electron chi connectivity index (χ0n) is 12.1. The molecular weight excluding hydrogens is 310 g/mol. The van der Waals surface area contributed by atoms with E-state index in [2.05, 4.69) is 21.8 Å². The van der Waals surface area contributed by atoms with Gasteiger partial charge in [-0.3, -0.25) is 4.79 Å². The molecule has 1 atom stereocenters. The van der Waals surface area contributed by atoms with Crippen molar-refractivity contribution >= 4 is 32.2 Å². The molecule has 0 radical (unpaired) electrons. The SMILES string of the molecule is C=CCS(=O)(=O)C(C)C(=O)Nc1nc2c(s1)CN(C)CC2. The highest BCUT2D eigenvalue weighted by atomic mass is 32.2. The monoisotopic (exact) mass is 329 g/mol. The Labute approximate surface area is 128 Å². The summed E-state index contributed by atoms with van der Waals surface area (Å²) in [5.41, 5.74) is 0.995. The fourth-order valence-electron chi connectivity index (χ4n) is 2.06. The molecule has 1 unspecified atom stereocenters. The molecule has 0 saturated carbocycles. The second-order valence-corrected chi connectivity index (χ2v) is 8.58. The minimum Gasteiger partial charge on any atom is -0.301 e.